The Morgan fingerprint density at radius 2 is 2.10 bits per heavy atom. The minimum Gasteiger partial charge on any atom is -0.481 e. The number of carboxylic acids is 1. The third-order valence-electron chi connectivity index (χ3n) is 3.73. The summed E-state index contributed by atoms with van der Waals surface area (Å²) >= 11 is 0. The minimum absolute atomic E-state index is 0.0470. The van der Waals surface area contributed by atoms with Crippen LogP contribution in [-0.4, -0.2) is 41.1 Å². The first kappa shape index (κ1) is 15.4. The largest absolute Gasteiger partial charge is 0.481 e. The van der Waals surface area contributed by atoms with Crippen LogP contribution in [0.5, 0.6) is 5.75 Å². The summed E-state index contributed by atoms with van der Waals surface area (Å²) < 4.78 is 5.75. The highest BCUT2D eigenvalue weighted by Gasteiger charge is 2.32. The Kier molecular flexibility index (Phi) is 5.20. The molecule has 0 radical (unpaired) electrons. The van der Waals surface area contributed by atoms with E-state index in [-0.39, 0.29) is 18.2 Å². The van der Waals surface area contributed by atoms with Crippen LogP contribution in [-0.2, 0) is 9.59 Å². The summed E-state index contributed by atoms with van der Waals surface area (Å²) in [6.07, 6.45) is 0.962. The number of benzene rings is 1. The Hall–Kier alpha value is -2.04. The van der Waals surface area contributed by atoms with E-state index in [1.807, 2.05) is 37.3 Å². The van der Waals surface area contributed by atoms with E-state index in [0.29, 0.717) is 25.3 Å². The van der Waals surface area contributed by atoms with E-state index in [2.05, 4.69) is 0 Å². The molecule has 114 valence electrons. The maximum Gasteiger partial charge on any atom is 0.303 e. The molecule has 5 heteroatoms. The Balaban J connectivity index is 1.93. The standard InChI is InChI=1S/C16H21NO4/c1-2-14(21-13-6-4-3-5-7-13)16(20)17-9-8-12(11-17)10-15(18)19/h3-7,12,14H,2,8-11H2,1H3,(H,18,19). The lowest BCUT2D eigenvalue weighted by molar-refractivity contribution is -0.140. The maximum absolute atomic E-state index is 12.5. The van der Waals surface area contributed by atoms with Crippen LogP contribution in [0, 0.1) is 5.92 Å². The summed E-state index contributed by atoms with van der Waals surface area (Å²) in [5.74, 6) is -0.115. The average molecular weight is 291 g/mol. The summed E-state index contributed by atoms with van der Waals surface area (Å²) in [4.78, 5) is 24.9. The summed E-state index contributed by atoms with van der Waals surface area (Å²) in [5, 5.41) is 8.82. The molecule has 2 unspecified atom stereocenters. The number of ether oxygens (including phenoxy) is 1. The lowest BCUT2D eigenvalue weighted by atomic mass is 10.1. The summed E-state index contributed by atoms with van der Waals surface area (Å²) in [6, 6.07) is 9.28. The van der Waals surface area contributed by atoms with Crippen LogP contribution in [0.25, 0.3) is 0 Å². The first-order valence-corrected chi connectivity index (χ1v) is 7.32. The first-order chi connectivity index (χ1) is 10.1. The molecule has 1 aromatic rings. The number of carbonyl (C=O) groups excluding carboxylic acids is 1. The average Bonchev–Trinajstić information content (AvgIpc) is 2.92. The van der Waals surface area contributed by atoms with Crippen LogP contribution >= 0.6 is 0 Å². The SMILES string of the molecule is CCC(Oc1ccccc1)C(=O)N1CCC(CC(=O)O)C1. The molecule has 0 spiro atoms. The zero-order chi connectivity index (χ0) is 15.2. The number of hydrogen-bond acceptors (Lipinski definition) is 3. The van der Waals surface area contributed by atoms with Crippen LogP contribution in [0.15, 0.2) is 30.3 Å². The third kappa shape index (κ3) is 4.21. The minimum atomic E-state index is -0.804. The van der Waals surface area contributed by atoms with Crippen LogP contribution in [0.3, 0.4) is 0 Å². The van der Waals surface area contributed by atoms with E-state index in [0.717, 1.165) is 6.42 Å². The molecule has 1 heterocycles. The maximum atomic E-state index is 12.5. The van der Waals surface area contributed by atoms with Crippen molar-refractivity contribution in [3.8, 4) is 5.75 Å². The van der Waals surface area contributed by atoms with Gasteiger partial charge in [-0.15, -0.1) is 0 Å². The van der Waals surface area contributed by atoms with Crippen LogP contribution in [0.1, 0.15) is 26.2 Å². The van der Waals surface area contributed by atoms with E-state index in [1.165, 1.54) is 0 Å². The number of carbonyl (C=O) groups is 2. The normalized spacial score (nSPS) is 19.3. The van der Waals surface area contributed by atoms with Gasteiger partial charge in [-0.05, 0) is 30.9 Å². The van der Waals surface area contributed by atoms with Gasteiger partial charge in [0.05, 0.1) is 0 Å². The Morgan fingerprint density at radius 1 is 1.38 bits per heavy atom. The molecule has 0 bridgehead atoms. The van der Waals surface area contributed by atoms with Crippen LogP contribution in [0.4, 0.5) is 0 Å². The number of nitrogens with zero attached hydrogens (tertiary/aromatic N) is 1. The predicted molar refractivity (Wildman–Crippen MR) is 78.1 cm³/mol. The molecular weight excluding hydrogens is 270 g/mol. The number of para-hydroxylation sites is 1. The number of hydrogen-bond donors (Lipinski definition) is 1. The molecule has 1 aromatic carbocycles. The molecule has 5 nitrogen and oxygen atoms in total. The van der Waals surface area contributed by atoms with Crippen molar-refractivity contribution in [2.75, 3.05) is 13.1 Å². The first-order valence-electron chi connectivity index (χ1n) is 7.32. The van der Waals surface area contributed by atoms with E-state index < -0.39 is 12.1 Å². The zero-order valence-corrected chi connectivity index (χ0v) is 12.2. The molecule has 0 aliphatic carbocycles. The van der Waals surface area contributed by atoms with Gasteiger partial charge in [0.25, 0.3) is 5.91 Å². The molecule has 2 atom stereocenters. The van der Waals surface area contributed by atoms with Gasteiger partial charge in [0.2, 0.25) is 0 Å². The number of likely N-dealkylation sites (tertiary alicyclic amines) is 1. The van der Waals surface area contributed by atoms with Crippen molar-refractivity contribution < 1.29 is 19.4 Å². The van der Waals surface area contributed by atoms with Crippen molar-refractivity contribution in [1.82, 2.24) is 4.90 Å². The highest BCUT2D eigenvalue weighted by atomic mass is 16.5. The lowest BCUT2D eigenvalue weighted by Gasteiger charge is -2.23. The fraction of sp³-hybridized carbons (Fsp3) is 0.500. The predicted octanol–water partition coefficient (Wildman–Crippen LogP) is 2.17. The van der Waals surface area contributed by atoms with Gasteiger partial charge in [0.15, 0.2) is 6.10 Å². The van der Waals surface area contributed by atoms with Crippen molar-refractivity contribution in [2.45, 2.75) is 32.3 Å². The number of amides is 1. The van der Waals surface area contributed by atoms with Crippen LogP contribution < -0.4 is 4.74 Å². The Morgan fingerprint density at radius 3 is 2.71 bits per heavy atom. The van der Waals surface area contributed by atoms with Gasteiger partial charge in [0.1, 0.15) is 5.75 Å². The molecule has 1 aliphatic heterocycles. The molecular formula is C16H21NO4. The molecule has 0 aromatic heterocycles. The van der Waals surface area contributed by atoms with Gasteiger partial charge >= 0.3 is 5.97 Å². The monoisotopic (exact) mass is 291 g/mol. The highest BCUT2D eigenvalue weighted by molar-refractivity contribution is 5.81. The lowest BCUT2D eigenvalue weighted by Crippen LogP contribution is -2.40. The molecule has 1 aliphatic rings. The Bertz CT molecular complexity index is 488. The second-order valence-electron chi connectivity index (χ2n) is 5.36. The van der Waals surface area contributed by atoms with Gasteiger partial charge < -0.3 is 14.7 Å². The van der Waals surface area contributed by atoms with Gasteiger partial charge in [-0.1, -0.05) is 25.1 Å². The van der Waals surface area contributed by atoms with E-state index >= 15 is 0 Å². The molecule has 1 fully saturated rings. The van der Waals surface area contributed by atoms with Crippen molar-refractivity contribution in [3.05, 3.63) is 30.3 Å². The summed E-state index contributed by atoms with van der Waals surface area (Å²) in [5.41, 5.74) is 0. The second-order valence-corrected chi connectivity index (χ2v) is 5.36. The zero-order valence-electron chi connectivity index (χ0n) is 12.2. The van der Waals surface area contributed by atoms with E-state index in [1.54, 1.807) is 4.90 Å². The molecule has 2 rings (SSSR count). The van der Waals surface area contributed by atoms with E-state index in [9.17, 15) is 9.59 Å². The summed E-state index contributed by atoms with van der Waals surface area (Å²) in [7, 11) is 0. The fourth-order valence-electron chi connectivity index (χ4n) is 2.62. The number of rotatable bonds is 6. The van der Waals surface area contributed by atoms with Gasteiger partial charge in [-0.3, -0.25) is 9.59 Å². The van der Waals surface area contributed by atoms with Crippen LogP contribution in [0.2, 0.25) is 0 Å². The van der Waals surface area contributed by atoms with Gasteiger partial charge in [-0.25, -0.2) is 0 Å². The quantitative estimate of drug-likeness (QED) is 0.872. The van der Waals surface area contributed by atoms with Crippen molar-refractivity contribution in [1.29, 1.82) is 0 Å². The topological polar surface area (TPSA) is 66.8 Å². The molecule has 1 amide bonds. The van der Waals surface area contributed by atoms with E-state index in [4.69, 9.17) is 9.84 Å². The fourth-order valence-corrected chi connectivity index (χ4v) is 2.62. The van der Waals surface area contributed by atoms with Gasteiger partial charge in [0, 0.05) is 19.5 Å². The third-order valence-corrected chi connectivity index (χ3v) is 3.73. The number of aliphatic carboxylic acids is 1. The van der Waals surface area contributed by atoms with Crippen molar-refractivity contribution in [3.63, 3.8) is 0 Å². The second kappa shape index (κ2) is 7.11. The van der Waals surface area contributed by atoms with Gasteiger partial charge in [-0.2, -0.15) is 0 Å². The molecule has 0 saturated carbocycles. The molecule has 21 heavy (non-hydrogen) atoms. The molecule has 1 saturated heterocycles. The smallest absolute Gasteiger partial charge is 0.303 e. The molecule has 1 N–H and O–H groups in total. The Labute approximate surface area is 124 Å². The summed E-state index contributed by atoms with van der Waals surface area (Å²) in [6.45, 7) is 3.04. The number of carboxylic acid groups (broad SMARTS) is 1. The van der Waals surface area contributed by atoms with Crippen molar-refractivity contribution in [2.24, 2.45) is 5.92 Å². The van der Waals surface area contributed by atoms with Crippen molar-refractivity contribution >= 4 is 11.9 Å². The highest BCUT2D eigenvalue weighted by Crippen LogP contribution is 2.22.